The van der Waals surface area contributed by atoms with Gasteiger partial charge in [0, 0.05) is 70.2 Å². The van der Waals surface area contributed by atoms with E-state index in [0.717, 1.165) is 39.7 Å². The Morgan fingerprint density at radius 2 is 0.870 bits per heavy atom. The van der Waals surface area contributed by atoms with Crippen molar-refractivity contribution in [2.75, 3.05) is 12.0 Å². The van der Waals surface area contributed by atoms with Crippen molar-refractivity contribution in [3.05, 3.63) is 182 Å². The van der Waals surface area contributed by atoms with Gasteiger partial charge in [0.25, 0.3) is 0 Å². The minimum atomic E-state index is 0.826. The van der Waals surface area contributed by atoms with Crippen molar-refractivity contribution in [3.63, 3.8) is 0 Å². The number of rotatable bonds is 6. The molecule has 0 unspecified atom stereocenters. The van der Waals surface area contributed by atoms with Crippen molar-refractivity contribution >= 4 is 92.2 Å². The summed E-state index contributed by atoms with van der Waals surface area (Å²) < 4.78 is 13.0. The van der Waals surface area contributed by atoms with E-state index in [9.17, 15) is 0 Å². The molecule has 0 aliphatic rings. The van der Waals surface area contributed by atoms with Crippen LogP contribution in [0.4, 0.5) is 17.1 Å². The van der Waals surface area contributed by atoms with Gasteiger partial charge in [-0.1, -0.05) is 78.9 Å². The number of hydrogen-bond acceptors (Lipinski definition) is 3. The van der Waals surface area contributed by atoms with Crippen molar-refractivity contribution in [1.82, 2.24) is 9.13 Å². The monoisotopic (exact) mass is 711 g/mol. The Kier molecular flexibility index (Phi) is 6.91. The molecule has 0 atom stereocenters. The number of hydrogen-bond donors (Lipinski definition) is 0. The molecule has 0 amide bonds. The zero-order chi connectivity index (χ0) is 35.8. The van der Waals surface area contributed by atoms with Crippen LogP contribution in [0.25, 0.3) is 75.2 Å². The summed E-state index contributed by atoms with van der Waals surface area (Å²) in [7, 11) is 1.71. The van der Waals surface area contributed by atoms with E-state index < -0.39 is 0 Å². The summed E-state index contributed by atoms with van der Waals surface area (Å²) >= 11 is 1.85. The van der Waals surface area contributed by atoms with E-state index in [-0.39, 0.29) is 0 Å². The fraction of sp³-hybridized carbons (Fsp3) is 0.0204. The number of fused-ring (bicyclic) bond motifs is 9. The molecule has 3 heterocycles. The molecule has 8 aromatic carbocycles. The molecule has 0 bridgehead atoms. The lowest BCUT2D eigenvalue weighted by molar-refractivity contribution is 0.415. The van der Waals surface area contributed by atoms with Gasteiger partial charge in [0.2, 0.25) is 0 Å². The Hall–Kier alpha value is -6.82. The molecule has 0 saturated heterocycles. The number of methoxy groups -OCH3 is 1. The summed E-state index contributed by atoms with van der Waals surface area (Å²) in [5, 5.41) is 7.57. The topological polar surface area (TPSA) is 22.3 Å². The first-order valence-electron chi connectivity index (χ1n) is 18.2. The molecule has 0 aliphatic heterocycles. The summed E-state index contributed by atoms with van der Waals surface area (Å²) in [5.74, 6) is 0.826. The predicted octanol–water partition coefficient (Wildman–Crippen LogP) is 13.7. The SMILES string of the molecule is COc1ccc(N(c2ccc(-n3c4ccccc4c4ccccc43)cc2)c2ccc3c4ccccc4n(-c4ccc5sc6ccccc6c5c4)c3c2)cc1. The molecule has 0 aliphatic carbocycles. The highest BCUT2D eigenvalue weighted by molar-refractivity contribution is 7.25. The summed E-state index contributed by atoms with van der Waals surface area (Å²) in [6.07, 6.45) is 0. The number of benzene rings is 8. The normalized spacial score (nSPS) is 11.8. The van der Waals surface area contributed by atoms with E-state index in [1.54, 1.807) is 7.11 Å². The van der Waals surface area contributed by atoms with Crippen LogP contribution in [-0.2, 0) is 0 Å². The number of para-hydroxylation sites is 3. The van der Waals surface area contributed by atoms with Gasteiger partial charge in [-0.15, -0.1) is 11.3 Å². The molecule has 3 aromatic heterocycles. The molecule has 0 radical (unpaired) electrons. The quantitative estimate of drug-likeness (QED) is 0.171. The second-order valence-corrected chi connectivity index (χ2v) is 14.8. The number of ether oxygens (including phenoxy) is 1. The third kappa shape index (κ3) is 4.69. The number of aromatic nitrogens is 2. The van der Waals surface area contributed by atoms with Crippen molar-refractivity contribution in [2.24, 2.45) is 0 Å². The lowest BCUT2D eigenvalue weighted by Crippen LogP contribution is -2.10. The van der Waals surface area contributed by atoms with Gasteiger partial charge in [-0.25, -0.2) is 0 Å². The van der Waals surface area contributed by atoms with E-state index in [1.165, 1.54) is 58.3 Å². The Morgan fingerprint density at radius 3 is 1.50 bits per heavy atom. The Morgan fingerprint density at radius 1 is 0.389 bits per heavy atom. The number of nitrogens with zero attached hydrogens (tertiary/aromatic N) is 3. The zero-order valence-electron chi connectivity index (χ0n) is 29.5. The predicted molar refractivity (Wildman–Crippen MR) is 229 cm³/mol. The second-order valence-electron chi connectivity index (χ2n) is 13.8. The summed E-state index contributed by atoms with van der Waals surface area (Å²) in [6, 6.07) is 65.8. The Labute approximate surface area is 315 Å². The average molecular weight is 712 g/mol. The van der Waals surface area contributed by atoms with E-state index in [1.807, 2.05) is 23.5 Å². The van der Waals surface area contributed by atoms with E-state index in [2.05, 4.69) is 184 Å². The van der Waals surface area contributed by atoms with Crippen LogP contribution < -0.4 is 9.64 Å². The first kappa shape index (κ1) is 30.8. The van der Waals surface area contributed by atoms with Gasteiger partial charge in [0.1, 0.15) is 5.75 Å². The maximum atomic E-state index is 5.57. The highest BCUT2D eigenvalue weighted by Gasteiger charge is 2.19. The molecule has 11 aromatic rings. The largest absolute Gasteiger partial charge is 0.497 e. The Balaban J connectivity index is 1.10. The second kappa shape index (κ2) is 12.1. The van der Waals surface area contributed by atoms with Crippen LogP contribution in [0.15, 0.2) is 182 Å². The van der Waals surface area contributed by atoms with Gasteiger partial charge in [-0.2, -0.15) is 0 Å². The highest BCUT2D eigenvalue weighted by atomic mass is 32.1. The number of anilines is 3. The average Bonchev–Trinajstić information content (AvgIpc) is 3.89. The van der Waals surface area contributed by atoms with E-state index in [4.69, 9.17) is 4.74 Å². The van der Waals surface area contributed by atoms with Crippen molar-refractivity contribution in [2.45, 2.75) is 0 Å². The summed E-state index contributed by atoms with van der Waals surface area (Å²) in [6.45, 7) is 0. The van der Waals surface area contributed by atoms with Crippen molar-refractivity contribution in [1.29, 1.82) is 0 Å². The van der Waals surface area contributed by atoms with Gasteiger partial charge >= 0.3 is 0 Å². The first-order valence-corrected chi connectivity index (χ1v) is 19.0. The Bertz CT molecular complexity index is 3150. The minimum Gasteiger partial charge on any atom is -0.497 e. The van der Waals surface area contributed by atoms with Gasteiger partial charge in [0.15, 0.2) is 0 Å². The molecule has 4 nitrogen and oxygen atoms in total. The first-order chi connectivity index (χ1) is 26.7. The van der Waals surface area contributed by atoms with Gasteiger partial charge in [0.05, 0.1) is 29.2 Å². The molecule has 256 valence electrons. The zero-order valence-corrected chi connectivity index (χ0v) is 30.3. The molecular formula is C49H33N3OS. The van der Waals surface area contributed by atoms with Crippen LogP contribution in [0.5, 0.6) is 5.75 Å². The van der Waals surface area contributed by atoms with Crippen molar-refractivity contribution < 1.29 is 4.74 Å². The van der Waals surface area contributed by atoms with Crippen molar-refractivity contribution in [3.8, 4) is 17.1 Å². The van der Waals surface area contributed by atoms with Crippen LogP contribution in [0, 0.1) is 0 Å². The maximum absolute atomic E-state index is 5.57. The summed E-state index contributed by atoms with van der Waals surface area (Å²) in [4.78, 5) is 2.34. The fourth-order valence-corrected chi connectivity index (χ4v) is 9.45. The van der Waals surface area contributed by atoms with Gasteiger partial charge < -0.3 is 18.8 Å². The van der Waals surface area contributed by atoms with Crippen LogP contribution in [-0.4, -0.2) is 16.2 Å². The molecule has 0 spiro atoms. The van der Waals surface area contributed by atoms with E-state index in [0.29, 0.717) is 0 Å². The van der Waals surface area contributed by atoms with Gasteiger partial charge in [-0.3, -0.25) is 0 Å². The highest BCUT2D eigenvalue weighted by Crippen LogP contribution is 2.42. The third-order valence-corrected chi connectivity index (χ3v) is 12.0. The van der Waals surface area contributed by atoms with E-state index >= 15 is 0 Å². The molecule has 11 rings (SSSR count). The van der Waals surface area contributed by atoms with Crippen LogP contribution in [0.1, 0.15) is 0 Å². The minimum absolute atomic E-state index is 0.826. The van der Waals surface area contributed by atoms with Crippen LogP contribution in [0.2, 0.25) is 0 Å². The molecular weight excluding hydrogens is 679 g/mol. The molecule has 54 heavy (non-hydrogen) atoms. The third-order valence-electron chi connectivity index (χ3n) is 10.8. The summed E-state index contributed by atoms with van der Waals surface area (Å²) in [5.41, 5.74) is 10.2. The molecule has 0 fully saturated rings. The maximum Gasteiger partial charge on any atom is 0.119 e. The molecule has 5 heteroatoms. The molecule has 0 saturated carbocycles. The number of thiophene rings is 1. The standard InChI is InChI=1S/C49H33N3OS/c1-53-37-26-22-33(23-27-37)50(32-18-20-34(21-19-32)51-44-14-6-2-10-38(44)39-11-3-7-15-45(39)51)36-24-28-41-40-12-4-8-16-46(40)52(47(41)31-36)35-25-29-49-43(30-35)42-13-5-9-17-48(42)54-49/h2-31H,1H3. The van der Waals surface area contributed by atoms with Crippen LogP contribution >= 0.6 is 11.3 Å². The smallest absolute Gasteiger partial charge is 0.119 e. The van der Waals surface area contributed by atoms with Gasteiger partial charge in [-0.05, 0) is 103 Å². The lowest BCUT2D eigenvalue weighted by Gasteiger charge is -2.26. The molecule has 0 N–H and O–H groups in total. The fourth-order valence-electron chi connectivity index (χ4n) is 8.36. The van der Waals surface area contributed by atoms with Crippen LogP contribution in [0.3, 0.4) is 0 Å². The lowest BCUT2D eigenvalue weighted by atomic mass is 10.1.